The number of nitrogens with one attached hydrogen (secondary N) is 1. The first-order valence-electron chi connectivity index (χ1n) is 8.30. The van der Waals surface area contributed by atoms with Gasteiger partial charge >= 0.3 is 0 Å². The number of carbonyl (C=O) groups is 1. The van der Waals surface area contributed by atoms with E-state index in [1.54, 1.807) is 0 Å². The third kappa shape index (κ3) is 3.56. The van der Waals surface area contributed by atoms with E-state index >= 15 is 0 Å². The number of aromatic nitrogens is 1. The minimum Gasteiger partial charge on any atom is -0.493 e. The summed E-state index contributed by atoms with van der Waals surface area (Å²) in [5.41, 5.74) is 2.71. The topological polar surface area (TPSA) is 51.2 Å². The van der Waals surface area contributed by atoms with Crippen molar-refractivity contribution in [3.8, 4) is 5.75 Å². The van der Waals surface area contributed by atoms with E-state index in [0.29, 0.717) is 12.3 Å². The number of hydrogen-bond acceptors (Lipinski definition) is 4. The summed E-state index contributed by atoms with van der Waals surface area (Å²) in [5, 5.41) is 5.87. The molecular formula is C20H18N2O2S. The number of thiazole rings is 1. The lowest BCUT2D eigenvalue weighted by atomic mass is 10.0. The molecule has 0 unspecified atom stereocenters. The molecule has 0 aliphatic carbocycles. The highest BCUT2D eigenvalue weighted by Crippen LogP contribution is 2.31. The first-order valence-corrected chi connectivity index (χ1v) is 9.18. The van der Waals surface area contributed by atoms with Gasteiger partial charge in [0.1, 0.15) is 11.4 Å². The summed E-state index contributed by atoms with van der Waals surface area (Å²) in [5.74, 6) is 0.722. The van der Waals surface area contributed by atoms with Crippen LogP contribution in [0.4, 0.5) is 0 Å². The second-order valence-electron chi connectivity index (χ2n) is 5.99. The molecule has 0 radical (unpaired) electrons. The second kappa shape index (κ2) is 7.07. The van der Waals surface area contributed by atoms with Crippen LogP contribution in [0.25, 0.3) is 0 Å². The fraction of sp³-hybridized carbons (Fsp3) is 0.200. The highest BCUT2D eigenvalue weighted by atomic mass is 32.1. The molecule has 0 spiro atoms. The van der Waals surface area contributed by atoms with E-state index in [2.05, 4.69) is 22.4 Å². The van der Waals surface area contributed by atoms with Gasteiger partial charge < -0.3 is 10.1 Å². The molecule has 0 bridgehead atoms. The fourth-order valence-electron chi connectivity index (χ4n) is 2.99. The van der Waals surface area contributed by atoms with Crippen LogP contribution in [0, 0.1) is 0 Å². The predicted molar refractivity (Wildman–Crippen MR) is 98.1 cm³/mol. The lowest BCUT2D eigenvalue weighted by molar-refractivity contribution is 0.0920. The van der Waals surface area contributed by atoms with Gasteiger partial charge in [-0.1, -0.05) is 48.5 Å². The molecule has 1 N–H and O–H groups in total. The lowest BCUT2D eigenvalue weighted by Gasteiger charge is -2.26. The molecule has 1 aliphatic heterocycles. The summed E-state index contributed by atoms with van der Waals surface area (Å²) in [6, 6.07) is 18.0. The summed E-state index contributed by atoms with van der Waals surface area (Å²) < 4.78 is 5.65. The largest absolute Gasteiger partial charge is 0.493 e. The Hall–Kier alpha value is -2.66. The van der Waals surface area contributed by atoms with Crippen molar-refractivity contribution < 1.29 is 9.53 Å². The van der Waals surface area contributed by atoms with Crippen molar-refractivity contribution in [3.05, 3.63) is 81.8 Å². The normalized spacial score (nSPS) is 15.9. The van der Waals surface area contributed by atoms with Crippen molar-refractivity contribution in [1.29, 1.82) is 0 Å². The number of rotatable bonds is 4. The average Bonchev–Trinajstić information content (AvgIpc) is 3.11. The number of carbonyl (C=O) groups excluding carboxylic acids is 1. The Morgan fingerprint density at radius 2 is 1.96 bits per heavy atom. The van der Waals surface area contributed by atoms with Gasteiger partial charge in [0, 0.05) is 23.8 Å². The van der Waals surface area contributed by atoms with Crippen LogP contribution in [-0.4, -0.2) is 17.5 Å². The van der Waals surface area contributed by atoms with E-state index in [1.807, 2.05) is 47.8 Å². The Bertz CT molecular complexity index is 876. The fourth-order valence-corrected chi connectivity index (χ4v) is 3.80. The van der Waals surface area contributed by atoms with Gasteiger partial charge in [-0.3, -0.25) is 4.79 Å². The van der Waals surface area contributed by atoms with Crippen LogP contribution in [0.1, 0.15) is 39.1 Å². The maximum atomic E-state index is 12.6. The van der Waals surface area contributed by atoms with Crippen LogP contribution >= 0.6 is 11.3 Å². The average molecular weight is 350 g/mol. The quantitative estimate of drug-likeness (QED) is 0.774. The molecule has 126 valence electrons. The molecule has 1 aliphatic rings. The predicted octanol–water partition coefficient (Wildman–Crippen LogP) is 3.99. The highest BCUT2D eigenvalue weighted by Gasteiger charge is 2.23. The van der Waals surface area contributed by atoms with Gasteiger partial charge in [0.15, 0.2) is 0 Å². The first kappa shape index (κ1) is 15.8. The summed E-state index contributed by atoms with van der Waals surface area (Å²) in [7, 11) is 0. The summed E-state index contributed by atoms with van der Waals surface area (Å²) >= 11 is 1.52. The smallest absolute Gasteiger partial charge is 0.271 e. The molecule has 1 aromatic heterocycles. The van der Waals surface area contributed by atoms with Gasteiger partial charge in [0.05, 0.1) is 17.7 Å². The Morgan fingerprint density at radius 1 is 1.16 bits per heavy atom. The number of amides is 1. The van der Waals surface area contributed by atoms with E-state index in [4.69, 9.17) is 4.74 Å². The molecule has 3 aromatic rings. The Kier molecular flexibility index (Phi) is 4.48. The number of hydrogen-bond donors (Lipinski definition) is 1. The zero-order chi connectivity index (χ0) is 17.1. The van der Waals surface area contributed by atoms with Crippen LogP contribution in [0.5, 0.6) is 5.75 Å². The van der Waals surface area contributed by atoms with Crippen molar-refractivity contribution in [1.82, 2.24) is 10.3 Å². The van der Waals surface area contributed by atoms with Crippen LogP contribution in [0.3, 0.4) is 0 Å². The number of benzene rings is 2. The third-order valence-electron chi connectivity index (χ3n) is 4.25. The number of fused-ring (bicyclic) bond motifs is 1. The van der Waals surface area contributed by atoms with Crippen molar-refractivity contribution >= 4 is 17.2 Å². The molecule has 1 atom stereocenters. The molecule has 0 saturated heterocycles. The van der Waals surface area contributed by atoms with E-state index in [-0.39, 0.29) is 11.9 Å². The SMILES string of the molecule is O=C(N[C@H]1CCOc2ccccc21)c1csc(Cc2ccccc2)n1. The monoisotopic (exact) mass is 350 g/mol. The third-order valence-corrected chi connectivity index (χ3v) is 5.10. The first-order chi connectivity index (χ1) is 12.3. The van der Waals surface area contributed by atoms with Gasteiger partial charge in [-0.25, -0.2) is 4.98 Å². The van der Waals surface area contributed by atoms with Crippen molar-refractivity contribution in [2.24, 2.45) is 0 Å². The Balaban J connectivity index is 1.46. The van der Waals surface area contributed by atoms with Crippen molar-refractivity contribution in [3.63, 3.8) is 0 Å². The highest BCUT2D eigenvalue weighted by molar-refractivity contribution is 7.09. The molecule has 25 heavy (non-hydrogen) atoms. The summed E-state index contributed by atoms with van der Waals surface area (Å²) in [6.07, 6.45) is 1.52. The van der Waals surface area contributed by atoms with Gasteiger partial charge in [-0.05, 0) is 11.6 Å². The van der Waals surface area contributed by atoms with Gasteiger partial charge in [0.2, 0.25) is 0 Å². The number of nitrogens with zero attached hydrogens (tertiary/aromatic N) is 1. The molecule has 0 fully saturated rings. The van der Waals surface area contributed by atoms with Crippen LogP contribution < -0.4 is 10.1 Å². The maximum Gasteiger partial charge on any atom is 0.271 e. The van der Waals surface area contributed by atoms with Crippen LogP contribution in [0.15, 0.2) is 60.0 Å². The Labute approximate surface area is 150 Å². The summed E-state index contributed by atoms with van der Waals surface area (Å²) in [4.78, 5) is 17.1. The molecular weight excluding hydrogens is 332 g/mol. The standard InChI is InChI=1S/C20H18N2O2S/c23-20(22-16-10-11-24-18-9-5-4-8-15(16)18)17-13-25-19(21-17)12-14-6-2-1-3-7-14/h1-9,13,16H,10-12H2,(H,22,23)/t16-/m0/s1. The van der Waals surface area contributed by atoms with E-state index in [0.717, 1.165) is 29.2 Å². The molecule has 4 nitrogen and oxygen atoms in total. The van der Waals surface area contributed by atoms with E-state index < -0.39 is 0 Å². The lowest BCUT2D eigenvalue weighted by Crippen LogP contribution is -2.32. The molecule has 2 heterocycles. The number of para-hydroxylation sites is 1. The zero-order valence-electron chi connectivity index (χ0n) is 13.6. The molecule has 0 saturated carbocycles. The van der Waals surface area contributed by atoms with Crippen molar-refractivity contribution in [2.45, 2.75) is 18.9 Å². The van der Waals surface area contributed by atoms with E-state index in [1.165, 1.54) is 16.9 Å². The van der Waals surface area contributed by atoms with E-state index in [9.17, 15) is 4.79 Å². The number of ether oxygens (including phenoxy) is 1. The van der Waals surface area contributed by atoms with Gasteiger partial charge in [-0.2, -0.15) is 0 Å². The maximum absolute atomic E-state index is 12.6. The summed E-state index contributed by atoms with van der Waals surface area (Å²) in [6.45, 7) is 0.609. The minimum atomic E-state index is -0.128. The van der Waals surface area contributed by atoms with Crippen LogP contribution in [0.2, 0.25) is 0 Å². The van der Waals surface area contributed by atoms with Crippen molar-refractivity contribution in [2.75, 3.05) is 6.61 Å². The molecule has 1 amide bonds. The molecule has 2 aromatic carbocycles. The van der Waals surface area contributed by atoms with Crippen LogP contribution in [-0.2, 0) is 6.42 Å². The molecule has 4 rings (SSSR count). The minimum absolute atomic E-state index is 0.0308. The Morgan fingerprint density at radius 3 is 2.84 bits per heavy atom. The second-order valence-corrected chi connectivity index (χ2v) is 6.93. The zero-order valence-corrected chi connectivity index (χ0v) is 14.5. The van der Waals surface area contributed by atoms with Gasteiger partial charge in [0.25, 0.3) is 5.91 Å². The molecule has 5 heteroatoms. The van der Waals surface area contributed by atoms with Gasteiger partial charge in [-0.15, -0.1) is 11.3 Å².